The van der Waals surface area contributed by atoms with Crippen molar-refractivity contribution >= 4 is 34.1 Å². The minimum Gasteiger partial charge on any atom is -0.465 e. The van der Waals surface area contributed by atoms with Gasteiger partial charge in [0.1, 0.15) is 5.00 Å². The Morgan fingerprint density at radius 2 is 1.88 bits per heavy atom. The number of nitrogens with zero attached hydrogens (tertiary/aromatic N) is 2. The van der Waals surface area contributed by atoms with Crippen LogP contribution in [-0.4, -0.2) is 67.4 Å². The molecule has 1 saturated heterocycles. The number of piperazine rings is 1. The molecule has 0 atom stereocenters. The first-order valence-corrected chi connectivity index (χ1v) is 9.31. The fourth-order valence-corrected chi connectivity index (χ4v) is 4.69. The first kappa shape index (κ1) is 17.9. The summed E-state index contributed by atoms with van der Waals surface area (Å²) in [5, 5.41) is 3.49. The van der Waals surface area contributed by atoms with E-state index in [2.05, 4.69) is 5.32 Å². The zero-order valence-electron chi connectivity index (χ0n) is 14.6. The summed E-state index contributed by atoms with van der Waals surface area (Å²) < 4.78 is 4.89. The van der Waals surface area contributed by atoms with Crippen molar-refractivity contribution in [1.29, 1.82) is 0 Å². The van der Waals surface area contributed by atoms with Crippen LogP contribution in [0.1, 0.15) is 34.1 Å². The van der Waals surface area contributed by atoms with Gasteiger partial charge in [0.15, 0.2) is 0 Å². The van der Waals surface area contributed by atoms with Gasteiger partial charge in [0, 0.05) is 38.0 Å². The minimum absolute atomic E-state index is 0.0694. The second-order valence-electron chi connectivity index (χ2n) is 6.38. The van der Waals surface area contributed by atoms with Crippen LogP contribution in [0.3, 0.4) is 0 Å². The van der Waals surface area contributed by atoms with Crippen LogP contribution in [0, 0.1) is 0 Å². The number of nitrogens with one attached hydrogen (secondary N) is 1. The summed E-state index contributed by atoms with van der Waals surface area (Å²) in [5.41, 5.74) is 1.55. The molecule has 3 rings (SSSR count). The number of anilines is 1. The lowest BCUT2D eigenvalue weighted by atomic mass is 10.1. The van der Waals surface area contributed by atoms with E-state index in [-0.39, 0.29) is 24.3 Å². The number of ether oxygens (including phenoxy) is 1. The number of methoxy groups -OCH3 is 1. The quantitative estimate of drug-likeness (QED) is 0.809. The monoisotopic (exact) mass is 365 g/mol. The van der Waals surface area contributed by atoms with Crippen LogP contribution in [0.4, 0.5) is 5.00 Å². The van der Waals surface area contributed by atoms with Crippen molar-refractivity contribution in [2.45, 2.75) is 26.2 Å². The van der Waals surface area contributed by atoms with E-state index in [1.165, 1.54) is 23.3 Å². The van der Waals surface area contributed by atoms with Gasteiger partial charge >= 0.3 is 5.97 Å². The lowest BCUT2D eigenvalue weighted by Gasteiger charge is -2.33. The topological polar surface area (TPSA) is 79.0 Å². The molecule has 1 fully saturated rings. The highest BCUT2D eigenvalue weighted by Crippen LogP contribution is 2.39. The SMILES string of the molecule is COC(=O)c1c(NC(=O)CN2CCN(C(C)=O)CC2)sc2c1CCC2. The maximum atomic E-state index is 12.4. The summed E-state index contributed by atoms with van der Waals surface area (Å²) in [7, 11) is 1.36. The van der Waals surface area contributed by atoms with E-state index in [0.717, 1.165) is 24.8 Å². The normalized spacial score (nSPS) is 17.3. The number of rotatable bonds is 4. The summed E-state index contributed by atoms with van der Waals surface area (Å²) in [4.78, 5) is 40.9. The zero-order chi connectivity index (χ0) is 18.0. The molecule has 0 bridgehead atoms. The number of amides is 2. The van der Waals surface area contributed by atoms with Gasteiger partial charge < -0.3 is 15.0 Å². The molecule has 2 aliphatic rings. The van der Waals surface area contributed by atoms with Crippen molar-refractivity contribution in [2.75, 3.05) is 45.2 Å². The van der Waals surface area contributed by atoms with Crippen LogP contribution in [-0.2, 0) is 27.2 Å². The molecular formula is C17H23N3O4S. The molecule has 0 unspecified atom stereocenters. The molecule has 0 radical (unpaired) electrons. The molecule has 1 aliphatic heterocycles. The molecule has 1 N–H and O–H groups in total. The van der Waals surface area contributed by atoms with E-state index in [9.17, 15) is 14.4 Å². The van der Waals surface area contributed by atoms with Crippen LogP contribution >= 0.6 is 11.3 Å². The highest BCUT2D eigenvalue weighted by atomic mass is 32.1. The molecule has 0 spiro atoms. The van der Waals surface area contributed by atoms with Crippen molar-refractivity contribution in [3.05, 3.63) is 16.0 Å². The van der Waals surface area contributed by atoms with Crippen LogP contribution in [0.5, 0.6) is 0 Å². The van der Waals surface area contributed by atoms with Gasteiger partial charge in [0.05, 0.1) is 19.2 Å². The van der Waals surface area contributed by atoms with Crippen LogP contribution in [0.2, 0.25) is 0 Å². The summed E-state index contributed by atoms with van der Waals surface area (Å²) in [6.07, 6.45) is 2.85. The molecule has 7 nitrogen and oxygen atoms in total. The van der Waals surface area contributed by atoms with Crippen molar-refractivity contribution in [3.63, 3.8) is 0 Å². The fraction of sp³-hybridized carbons (Fsp3) is 0.588. The van der Waals surface area contributed by atoms with Crippen molar-refractivity contribution in [2.24, 2.45) is 0 Å². The van der Waals surface area contributed by atoms with Crippen molar-refractivity contribution in [3.8, 4) is 0 Å². The Morgan fingerprint density at radius 3 is 2.52 bits per heavy atom. The van der Waals surface area contributed by atoms with E-state index in [1.54, 1.807) is 11.8 Å². The van der Waals surface area contributed by atoms with E-state index in [1.807, 2.05) is 4.90 Å². The Hall–Kier alpha value is -1.93. The number of aryl methyl sites for hydroxylation is 1. The lowest BCUT2D eigenvalue weighted by molar-refractivity contribution is -0.130. The lowest BCUT2D eigenvalue weighted by Crippen LogP contribution is -2.49. The van der Waals surface area contributed by atoms with Crippen LogP contribution in [0.25, 0.3) is 0 Å². The predicted molar refractivity (Wildman–Crippen MR) is 95.0 cm³/mol. The number of thiophene rings is 1. The van der Waals surface area contributed by atoms with Crippen LogP contribution < -0.4 is 5.32 Å². The third-order valence-electron chi connectivity index (χ3n) is 4.75. The Balaban J connectivity index is 1.62. The number of carbonyl (C=O) groups is 3. The van der Waals surface area contributed by atoms with Gasteiger partial charge in [-0.3, -0.25) is 14.5 Å². The molecule has 0 saturated carbocycles. The smallest absolute Gasteiger partial charge is 0.341 e. The third kappa shape index (κ3) is 3.85. The van der Waals surface area contributed by atoms with E-state index >= 15 is 0 Å². The molecule has 2 heterocycles. The van der Waals surface area contributed by atoms with E-state index in [4.69, 9.17) is 4.74 Å². The molecule has 136 valence electrons. The zero-order valence-corrected chi connectivity index (χ0v) is 15.4. The highest BCUT2D eigenvalue weighted by Gasteiger charge is 2.28. The number of hydrogen-bond donors (Lipinski definition) is 1. The molecule has 8 heteroatoms. The van der Waals surface area contributed by atoms with E-state index < -0.39 is 0 Å². The maximum Gasteiger partial charge on any atom is 0.341 e. The second kappa shape index (κ2) is 7.53. The number of fused-ring (bicyclic) bond motifs is 1. The van der Waals surface area contributed by atoms with Gasteiger partial charge in [-0.15, -0.1) is 11.3 Å². The average molecular weight is 365 g/mol. The van der Waals surface area contributed by atoms with Gasteiger partial charge in [-0.25, -0.2) is 4.79 Å². The summed E-state index contributed by atoms with van der Waals surface area (Å²) in [6.45, 7) is 4.46. The second-order valence-corrected chi connectivity index (χ2v) is 7.49. The standard InChI is InChI=1S/C17H23N3O4S/c1-11(21)20-8-6-19(7-9-20)10-14(22)18-16-15(17(23)24-2)12-4-3-5-13(12)25-16/h3-10H2,1-2H3,(H,18,22). The molecule has 2 amide bonds. The summed E-state index contributed by atoms with van der Waals surface area (Å²) in [5.74, 6) is -0.453. The van der Waals surface area contributed by atoms with Gasteiger partial charge in [-0.05, 0) is 24.8 Å². The summed E-state index contributed by atoms with van der Waals surface area (Å²) in [6, 6.07) is 0. The van der Waals surface area contributed by atoms with E-state index in [0.29, 0.717) is 36.7 Å². The Labute approximate surface area is 150 Å². The number of esters is 1. The first-order chi connectivity index (χ1) is 12.0. The minimum atomic E-state index is -0.384. The van der Waals surface area contributed by atoms with Gasteiger partial charge in [-0.1, -0.05) is 0 Å². The predicted octanol–water partition coefficient (Wildman–Crippen LogP) is 1.13. The molecule has 0 aromatic carbocycles. The largest absolute Gasteiger partial charge is 0.465 e. The van der Waals surface area contributed by atoms with Gasteiger partial charge in [0.25, 0.3) is 0 Å². The van der Waals surface area contributed by atoms with Gasteiger partial charge in [0.2, 0.25) is 11.8 Å². The highest BCUT2D eigenvalue weighted by molar-refractivity contribution is 7.17. The Kier molecular flexibility index (Phi) is 5.39. The molecule has 25 heavy (non-hydrogen) atoms. The Bertz CT molecular complexity index is 692. The number of carbonyl (C=O) groups excluding carboxylic acids is 3. The first-order valence-electron chi connectivity index (χ1n) is 8.50. The number of hydrogen-bond acceptors (Lipinski definition) is 6. The fourth-order valence-electron chi connectivity index (χ4n) is 3.40. The van der Waals surface area contributed by atoms with Crippen molar-refractivity contribution in [1.82, 2.24) is 9.80 Å². The molecule has 1 aliphatic carbocycles. The maximum absolute atomic E-state index is 12.4. The molecular weight excluding hydrogens is 342 g/mol. The molecule has 1 aromatic rings. The third-order valence-corrected chi connectivity index (χ3v) is 5.96. The average Bonchev–Trinajstić information content (AvgIpc) is 3.15. The van der Waals surface area contributed by atoms with Crippen LogP contribution in [0.15, 0.2) is 0 Å². The Morgan fingerprint density at radius 1 is 1.16 bits per heavy atom. The van der Waals surface area contributed by atoms with Gasteiger partial charge in [-0.2, -0.15) is 0 Å². The molecule has 1 aromatic heterocycles. The van der Waals surface area contributed by atoms with Crippen molar-refractivity contribution < 1.29 is 19.1 Å². The summed E-state index contributed by atoms with van der Waals surface area (Å²) >= 11 is 1.48.